The van der Waals surface area contributed by atoms with Gasteiger partial charge in [0.2, 0.25) is 0 Å². The molecule has 0 spiro atoms. The van der Waals surface area contributed by atoms with Gasteiger partial charge in [0.15, 0.2) is 21.4 Å². The lowest BCUT2D eigenvalue weighted by Crippen LogP contribution is -2.40. The number of phenolic OH excluding ortho intramolecular Hbond substituents is 1. The fourth-order valence-corrected chi connectivity index (χ4v) is 6.05. The number of sulfone groups is 1. The maximum Gasteiger partial charge on any atom is 0.196 e. The highest BCUT2D eigenvalue weighted by Crippen LogP contribution is 2.32. The molecule has 0 saturated heterocycles. The number of carbonyl (C=O) groups is 2. The Labute approximate surface area is 221 Å². The minimum absolute atomic E-state index is 0.0598. The van der Waals surface area contributed by atoms with Crippen LogP contribution in [0.2, 0.25) is 0 Å². The predicted octanol–water partition coefficient (Wildman–Crippen LogP) is 6.52. The summed E-state index contributed by atoms with van der Waals surface area (Å²) in [6, 6.07) is 26.7. The van der Waals surface area contributed by atoms with Crippen molar-refractivity contribution >= 4 is 33.2 Å². The average molecular weight is 531 g/mol. The fraction of sp³-hybridized carbons (Fsp3) is 0.133. The van der Waals surface area contributed by atoms with Gasteiger partial charge in [-0.05, 0) is 81.4 Å². The standard InChI is InChI=1S/C30H26O5S2/c1-20-8-18-25(19-9-20)37(34,35)30(2,3)29(33)22-12-16-24(17-13-22)36-23-14-10-21(11-15-23)28(32)26-6-4-5-7-27(26)31/h4-19,31H,1-3H3. The number of carbonyl (C=O) groups excluding carboxylic acids is 2. The lowest BCUT2D eigenvalue weighted by Gasteiger charge is -2.23. The molecule has 4 rings (SSSR count). The van der Waals surface area contributed by atoms with E-state index in [9.17, 15) is 23.1 Å². The first kappa shape index (κ1) is 26.4. The fourth-order valence-electron chi connectivity index (χ4n) is 3.79. The third kappa shape index (κ3) is 5.38. The van der Waals surface area contributed by atoms with Gasteiger partial charge in [0, 0.05) is 20.9 Å². The highest BCUT2D eigenvalue weighted by Gasteiger charge is 2.43. The quantitative estimate of drug-likeness (QED) is 0.261. The molecule has 0 atom stereocenters. The molecule has 0 radical (unpaired) electrons. The molecule has 0 bridgehead atoms. The van der Waals surface area contributed by atoms with Gasteiger partial charge >= 0.3 is 0 Å². The van der Waals surface area contributed by atoms with E-state index >= 15 is 0 Å². The number of para-hydroxylation sites is 1. The number of aromatic hydroxyl groups is 1. The first-order chi connectivity index (χ1) is 17.5. The van der Waals surface area contributed by atoms with Crippen LogP contribution >= 0.6 is 11.8 Å². The summed E-state index contributed by atoms with van der Waals surface area (Å²) in [5.41, 5.74) is 1.96. The van der Waals surface area contributed by atoms with Crippen molar-refractivity contribution in [3.05, 3.63) is 119 Å². The van der Waals surface area contributed by atoms with Crippen LogP contribution in [0.25, 0.3) is 0 Å². The molecule has 0 fully saturated rings. The van der Waals surface area contributed by atoms with Gasteiger partial charge in [0.1, 0.15) is 10.5 Å². The highest BCUT2D eigenvalue weighted by atomic mass is 32.2. The Morgan fingerprint density at radius 2 is 1.24 bits per heavy atom. The first-order valence-corrected chi connectivity index (χ1v) is 13.9. The Balaban J connectivity index is 1.48. The molecule has 0 aromatic heterocycles. The SMILES string of the molecule is Cc1ccc(S(=O)(=O)C(C)(C)C(=O)c2ccc(Sc3ccc(C(=O)c4ccccc4O)cc3)cc2)cc1. The van der Waals surface area contributed by atoms with E-state index in [1.807, 2.05) is 19.1 Å². The number of hydrogen-bond acceptors (Lipinski definition) is 6. The molecule has 0 aliphatic heterocycles. The lowest BCUT2D eigenvalue weighted by molar-refractivity contribution is 0.0953. The Kier molecular flexibility index (Phi) is 7.39. The van der Waals surface area contributed by atoms with Gasteiger partial charge in [-0.1, -0.05) is 53.7 Å². The molecule has 0 aliphatic rings. The molecular weight excluding hydrogens is 504 g/mol. The maximum atomic E-state index is 13.2. The van der Waals surface area contributed by atoms with Gasteiger partial charge in [-0.2, -0.15) is 0 Å². The highest BCUT2D eigenvalue weighted by molar-refractivity contribution is 7.99. The molecular formula is C30H26O5S2. The van der Waals surface area contributed by atoms with E-state index in [-0.39, 0.29) is 22.0 Å². The molecule has 0 aliphatic carbocycles. The number of benzene rings is 4. The van der Waals surface area contributed by atoms with Gasteiger partial charge < -0.3 is 5.11 Å². The van der Waals surface area contributed by atoms with Crippen LogP contribution in [-0.4, -0.2) is 29.8 Å². The molecule has 188 valence electrons. The zero-order chi connectivity index (χ0) is 26.8. The van der Waals surface area contributed by atoms with Crippen molar-refractivity contribution in [3.8, 4) is 5.75 Å². The molecule has 0 amide bonds. The third-order valence-electron chi connectivity index (χ3n) is 6.17. The summed E-state index contributed by atoms with van der Waals surface area (Å²) in [5, 5.41) is 9.93. The third-order valence-corrected chi connectivity index (χ3v) is 9.60. The molecule has 37 heavy (non-hydrogen) atoms. The minimum Gasteiger partial charge on any atom is -0.507 e. The van der Waals surface area contributed by atoms with Gasteiger partial charge in [-0.3, -0.25) is 9.59 Å². The summed E-state index contributed by atoms with van der Waals surface area (Å²) >= 11 is 1.45. The molecule has 1 N–H and O–H groups in total. The summed E-state index contributed by atoms with van der Waals surface area (Å²) in [6.45, 7) is 4.74. The summed E-state index contributed by atoms with van der Waals surface area (Å²) < 4.78 is 24.8. The topological polar surface area (TPSA) is 88.5 Å². The number of ketones is 2. The Morgan fingerprint density at radius 3 is 1.78 bits per heavy atom. The van der Waals surface area contributed by atoms with E-state index in [2.05, 4.69) is 0 Å². The van der Waals surface area contributed by atoms with Gasteiger partial charge in [-0.15, -0.1) is 0 Å². The van der Waals surface area contributed by atoms with Crippen LogP contribution in [0.4, 0.5) is 0 Å². The predicted molar refractivity (Wildman–Crippen MR) is 145 cm³/mol. The molecule has 5 nitrogen and oxygen atoms in total. The summed E-state index contributed by atoms with van der Waals surface area (Å²) in [4.78, 5) is 27.7. The largest absolute Gasteiger partial charge is 0.507 e. The monoisotopic (exact) mass is 530 g/mol. The summed E-state index contributed by atoms with van der Waals surface area (Å²) in [5.74, 6) is -0.798. The second-order valence-corrected chi connectivity index (χ2v) is 12.8. The average Bonchev–Trinajstić information content (AvgIpc) is 2.89. The first-order valence-electron chi connectivity index (χ1n) is 11.6. The number of Topliss-reactive ketones (excluding diaryl/α,β-unsaturated/α-hetero) is 1. The Bertz CT molecular complexity index is 1550. The van der Waals surface area contributed by atoms with Crippen LogP contribution in [0.15, 0.2) is 112 Å². The van der Waals surface area contributed by atoms with E-state index in [4.69, 9.17) is 0 Å². The maximum absolute atomic E-state index is 13.2. The normalized spacial score (nSPS) is 11.8. The van der Waals surface area contributed by atoms with Crippen LogP contribution in [0.1, 0.15) is 45.7 Å². The number of hydrogen-bond donors (Lipinski definition) is 1. The van der Waals surface area contributed by atoms with Gasteiger partial charge in [0.05, 0.1) is 10.5 Å². The summed E-state index contributed by atoms with van der Waals surface area (Å²) in [6.07, 6.45) is 0. The van der Waals surface area contributed by atoms with Crippen molar-refractivity contribution in [2.75, 3.05) is 0 Å². The van der Waals surface area contributed by atoms with Gasteiger partial charge in [0.25, 0.3) is 0 Å². The van der Waals surface area contributed by atoms with E-state index in [0.29, 0.717) is 11.1 Å². The van der Waals surface area contributed by atoms with Crippen molar-refractivity contribution in [1.82, 2.24) is 0 Å². The number of aryl methyl sites for hydroxylation is 1. The number of rotatable bonds is 8. The minimum atomic E-state index is -3.89. The molecule has 4 aromatic carbocycles. The molecule has 4 aromatic rings. The van der Waals surface area contributed by atoms with E-state index in [0.717, 1.165) is 15.4 Å². The van der Waals surface area contributed by atoms with E-state index in [1.165, 1.54) is 43.8 Å². The van der Waals surface area contributed by atoms with E-state index in [1.54, 1.807) is 66.7 Å². The Morgan fingerprint density at radius 1 is 0.730 bits per heavy atom. The van der Waals surface area contributed by atoms with Crippen molar-refractivity contribution in [2.24, 2.45) is 0 Å². The van der Waals surface area contributed by atoms with Crippen LogP contribution < -0.4 is 0 Å². The lowest BCUT2D eigenvalue weighted by atomic mass is 10.0. The van der Waals surface area contributed by atoms with Crippen molar-refractivity contribution in [2.45, 2.75) is 40.2 Å². The van der Waals surface area contributed by atoms with Crippen molar-refractivity contribution in [1.29, 1.82) is 0 Å². The van der Waals surface area contributed by atoms with Crippen molar-refractivity contribution in [3.63, 3.8) is 0 Å². The summed E-state index contributed by atoms with van der Waals surface area (Å²) in [7, 11) is -3.89. The molecule has 7 heteroatoms. The molecule has 0 saturated carbocycles. The molecule has 0 heterocycles. The van der Waals surface area contributed by atoms with E-state index < -0.39 is 20.4 Å². The smallest absolute Gasteiger partial charge is 0.196 e. The zero-order valence-corrected chi connectivity index (χ0v) is 22.3. The second kappa shape index (κ2) is 10.4. The molecule has 0 unspecified atom stereocenters. The zero-order valence-electron chi connectivity index (χ0n) is 20.6. The van der Waals surface area contributed by atoms with Crippen LogP contribution in [-0.2, 0) is 9.84 Å². The van der Waals surface area contributed by atoms with Crippen LogP contribution in [0, 0.1) is 6.92 Å². The number of phenols is 1. The second-order valence-electron chi connectivity index (χ2n) is 9.15. The van der Waals surface area contributed by atoms with Gasteiger partial charge in [-0.25, -0.2) is 8.42 Å². The van der Waals surface area contributed by atoms with Crippen LogP contribution in [0.5, 0.6) is 5.75 Å². The van der Waals surface area contributed by atoms with Crippen LogP contribution in [0.3, 0.4) is 0 Å². The Hall–Kier alpha value is -3.68. The van der Waals surface area contributed by atoms with Crippen molar-refractivity contribution < 1.29 is 23.1 Å².